The Balaban J connectivity index is 1.52. The number of aliphatic imine (C=N–C) groups is 2. The van der Waals surface area contributed by atoms with Crippen molar-refractivity contribution in [1.82, 2.24) is 20.2 Å². The van der Waals surface area contributed by atoms with Gasteiger partial charge in [0, 0.05) is 42.3 Å². The van der Waals surface area contributed by atoms with E-state index in [1.807, 2.05) is 6.20 Å². The van der Waals surface area contributed by atoms with Gasteiger partial charge in [-0.3, -0.25) is 9.91 Å². The zero-order chi connectivity index (χ0) is 21.9. The van der Waals surface area contributed by atoms with Gasteiger partial charge in [0.05, 0.1) is 25.0 Å². The molecule has 0 saturated carbocycles. The van der Waals surface area contributed by atoms with Gasteiger partial charge in [0.2, 0.25) is 0 Å². The lowest BCUT2D eigenvalue weighted by molar-refractivity contribution is -0.0449. The highest BCUT2D eigenvalue weighted by Gasteiger charge is 2.55. The van der Waals surface area contributed by atoms with Crippen molar-refractivity contribution in [3.8, 4) is 0 Å². The molecule has 2 saturated heterocycles. The number of nitrogens with one attached hydrogen (secondary N) is 2. The molecule has 2 aromatic rings. The number of aromatic amines is 1. The van der Waals surface area contributed by atoms with E-state index in [1.165, 1.54) is 6.42 Å². The molecule has 4 atom stereocenters. The minimum atomic E-state index is -0.416. The van der Waals surface area contributed by atoms with E-state index in [0.29, 0.717) is 0 Å². The predicted octanol–water partition coefficient (Wildman–Crippen LogP) is 2.23. The third-order valence-electron chi connectivity index (χ3n) is 7.58. The summed E-state index contributed by atoms with van der Waals surface area (Å²) < 4.78 is 5.76. The summed E-state index contributed by atoms with van der Waals surface area (Å²) in [5.74, 6) is 0.798. The number of ether oxygens (including phenoxy) is 1. The highest BCUT2D eigenvalue weighted by molar-refractivity contribution is 6.50. The molecule has 2 N–H and O–H groups in total. The topological polar surface area (TPSA) is 80.6 Å². The van der Waals surface area contributed by atoms with Gasteiger partial charge in [0.1, 0.15) is 17.4 Å². The largest absolute Gasteiger partial charge is 0.379 e. The van der Waals surface area contributed by atoms with Crippen LogP contribution < -0.4 is 5.32 Å². The maximum Gasteiger partial charge on any atom is 0.157 e. The molecule has 32 heavy (non-hydrogen) atoms. The van der Waals surface area contributed by atoms with E-state index in [-0.39, 0.29) is 18.2 Å². The van der Waals surface area contributed by atoms with Crippen LogP contribution in [0.1, 0.15) is 32.3 Å². The summed E-state index contributed by atoms with van der Waals surface area (Å²) in [4.78, 5) is 16.4. The first kappa shape index (κ1) is 20.1. The Morgan fingerprint density at radius 3 is 2.97 bits per heavy atom. The average Bonchev–Trinajstić information content (AvgIpc) is 3.54. The van der Waals surface area contributed by atoms with Crippen molar-refractivity contribution in [2.45, 2.75) is 50.5 Å². The van der Waals surface area contributed by atoms with E-state index in [2.05, 4.69) is 65.4 Å². The van der Waals surface area contributed by atoms with Crippen molar-refractivity contribution in [2.75, 3.05) is 33.4 Å². The number of fused-ring (bicyclic) bond motifs is 2. The minimum absolute atomic E-state index is 0.0919. The van der Waals surface area contributed by atoms with Gasteiger partial charge in [-0.25, -0.2) is 9.98 Å². The molecule has 8 heteroatoms. The van der Waals surface area contributed by atoms with Crippen molar-refractivity contribution < 1.29 is 4.74 Å². The van der Waals surface area contributed by atoms with Crippen LogP contribution in [0.5, 0.6) is 0 Å². The fraction of sp³-hybridized carbons (Fsp3) is 0.542. The SMILES string of the molecule is C[C@@H]1COCCN1C1N=C(c2cccc3[nH]ccc23)N=C2C(C3CCCN3)=NN(C)C21C. The smallest absolute Gasteiger partial charge is 0.157 e. The average molecular weight is 434 g/mol. The second kappa shape index (κ2) is 7.50. The molecule has 6 rings (SSSR count). The highest BCUT2D eigenvalue weighted by atomic mass is 16.5. The normalized spacial score (nSPS) is 33.3. The van der Waals surface area contributed by atoms with Gasteiger partial charge in [-0.1, -0.05) is 12.1 Å². The van der Waals surface area contributed by atoms with Crippen LogP contribution >= 0.6 is 0 Å². The van der Waals surface area contributed by atoms with Gasteiger partial charge in [-0.15, -0.1) is 0 Å². The van der Waals surface area contributed by atoms with Gasteiger partial charge in [-0.2, -0.15) is 5.10 Å². The van der Waals surface area contributed by atoms with Crippen molar-refractivity contribution in [1.29, 1.82) is 0 Å². The molecule has 0 radical (unpaired) electrons. The molecule has 2 fully saturated rings. The molecule has 3 unspecified atom stereocenters. The minimum Gasteiger partial charge on any atom is -0.379 e. The number of H-pyrrole nitrogens is 1. The van der Waals surface area contributed by atoms with Crippen molar-refractivity contribution in [3.05, 3.63) is 36.0 Å². The maximum absolute atomic E-state index is 5.76. The summed E-state index contributed by atoms with van der Waals surface area (Å²) in [6.07, 6.45) is 4.16. The molecule has 0 bridgehead atoms. The lowest BCUT2D eigenvalue weighted by atomic mass is 9.84. The quantitative estimate of drug-likeness (QED) is 0.778. The van der Waals surface area contributed by atoms with Crippen molar-refractivity contribution in [2.24, 2.45) is 15.1 Å². The van der Waals surface area contributed by atoms with Crippen LogP contribution in [0.4, 0.5) is 0 Å². The lowest BCUT2D eigenvalue weighted by Gasteiger charge is -2.48. The Labute approximate surface area is 188 Å². The van der Waals surface area contributed by atoms with Crippen LogP contribution in [-0.2, 0) is 4.74 Å². The fourth-order valence-corrected chi connectivity index (χ4v) is 5.62. The van der Waals surface area contributed by atoms with Gasteiger partial charge < -0.3 is 15.0 Å². The van der Waals surface area contributed by atoms with Gasteiger partial charge in [0.15, 0.2) is 5.84 Å². The molecule has 0 amide bonds. The Bertz CT molecular complexity index is 1130. The number of rotatable bonds is 3. The molecule has 4 aliphatic rings. The lowest BCUT2D eigenvalue weighted by Crippen LogP contribution is -2.65. The summed E-state index contributed by atoms with van der Waals surface area (Å²) in [6, 6.07) is 8.95. The zero-order valence-corrected chi connectivity index (χ0v) is 19.0. The maximum atomic E-state index is 5.76. The van der Waals surface area contributed by atoms with Crippen LogP contribution in [0, 0.1) is 0 Å². The fourth-order valence-electron chi connectivity index (χ4n) is 5.62. The van der Waals surface area contributed by atoms with E-state index in [9.17, 15) is 0 Å². The van der Waals surface area contributed by atoms with E-state index < -0.39 is 5.54 Å². The molecular weight excluding hydrogens is 402 g/mol. The number of hydrogen-bond donors (Lipinski definition) is 2. The second-order valence-electron chi connectivity index (χ2n) is 9.50. The van der Waals surface area contributed by atoms with Gasteiger partial charge in [0.25, 0.3) is 0 Å². The molecule has 5 heterocycles. The van der Waals surface area contributed by atoms with Crippen LogP contribution in [0.15, 0.2) is 45.5 Å². The summed E-state index contributed by atoms with van der Waals surface area (Å²) in [5.41, 5.74) is 3.89. The van der Waals surface area contributed by atoms with Crippen molar-refractivity contribution in [3.63, 3.8) is 0 Å². The number of aromatic nitrogens is 1. The van der Waals surface area contributed by atoms with Crippen LogP contribution in [-0.4, -0.2) is 89.3 Å². The first-order valence-electron chi connectivity index (χ1n) is 11.7. The number of likely N-dealkylation sites (N-methyl/N-ethyl adjacent to an activating group) is 1. The van der Waals surface area contributed by atoms with Gasteiger partial charge >= 0.3 is 0 Å². The summed E-state index contributed by atoms with van der Waals surface area (Å²) in [7, 11) is 2.07. The molecule has 168 valence electrons. The summed E-state index contributed by atoms with van der Waals surface area (Å²) in [6.45, 7) is 7.81. The molecule has 1 aromatic heterocycles. The predicted molar refractivity (Wildman–Crippen MR) is 128 cm³/mol. The number of amidine groups is 1. The Morgan fingerprint density at radius 2 is 2.16 bits per heavy atom. The Kier molecular flexibility index (Phi) is 4.71. The van der Waals surface area contributed by atoms with Crippen LogP contribution in [0.3, 0.4) is 0 Å². The summed E-state index contributed by atoms with van der Waals surface area (Å²) in [5, 5.41) is 11.9. The monoisotopic (exact) mass is 433 g/mol. The summed E-state index contributed by atoms with van der Waals surface area (Å²) >= 11 is 0. The standard InChI is InChI=1S/C24H31N7O/c1-15-14-32-13-12-31(15)23-24(2)21(20(29-30(24)3)19-8-5-10-25-19)27-22(28-23)17-6-4-7-18-16(17)9-11-26-18/h4,6-7,9,11,15,19,23,25-26H,5,8,10,12-14H2,1-3H3/t15-,19?,23?,24?/m1/s1. The highest BCUT2D eigenvalue weighted by Crippen LogP contribution is 2.38. The van der Waals surface area contributed by atoms with E-state index in [1.54, 1.807) is 0 Å². The molecule has 0 spiro atoms. The Morgan fingerprint density at radius 1 is 1.25 bits per heavy atom. The van der Waals surface area contributed by atoms with Crippen molar-refractivity contribution >= 4 is 28.2 Å². The number of hydrogen-bond acceptors (Lipinski definition) is 7. The molecular formula is C24H31N7O. The Hall–Kier alpha value is -2.55. The number of benzene rings is 1. The first-order valence-corrected chi connectivity index (χ1v) is 11.7. The molecule has 1 aromatic carbocycles. The molecule has 4 aliphatic heterocycles. The molecule has 0 aliphatic carbocycles. The van der Waals surface area contributed by atoms with E-state index in [4.69, 9.17) is 19.8 Å². The zero-order valence-electron chi connectivity index (χ0n) is 19.0. The third kappa shape index (κ3) is 2.89. The first-order chi connectivity index (χ1) is 15.6. The number of morpholine rings is 1. The van der Waals surface area contributed by atoms with Crippen LogP contribution in [0.2, 0.25) is 0 Å². The third-order valence-corrected chi connectivity index (χ3v) is 7.58. The van der Waals surface area contributed by atoms with E-state index >= 15 is 0 Å². The number of hydrazone groups is 1. The second-order valence-corrected chi connectivity index (χ2v) is 9.50. The van der Waals surface area contributed by atoms with E-state index in [0.717, 1.165) is 66.4 Å². The molecule has 8 nitrogen and oxygen atoms in total. The van der Waals surface area contributed by atoms with Gasteiger partial charge in [-0.05, 0) is 45.4 Å². The number of nitrogens with zero attached hydrogens (tertiary/aromatic N) is 5. The van der Waals surface area contributed by atoms with Crippen LogP contribution in [0.25, 0.3) is 10.9 Å².